The molecular formula is C32H54O2. The molecule has 0 bridgehead atoms. The molecule has 5 rings (SSSR count). The first kappa shape index (κ1) is 25.1. The first-order valence-corrected chi connectivity index (χ1v) is 14.9. The Labute approximate surface area is 210 Å². The second-order valence-corrected chi connectivity index (χ2v) is 15.8. The molecule has 2 nitrogen and oxygen atoms in total. The highest BCUT2D eigenvalue weighted by Crippen LogP contribution is 2.77. The summed E-state index contributed by atoms with van der Waals surface area (Å²) in [6, 6.07) is 0. The molecule has 194 valence electrons. The van der Waals surface area contributed by atoms with Gasteiger partial charge in [-0.15, -0.1) is 0 Å². The van der Waals surface area contributed by atoms with Crippen molar-refractivity contribution in [3.8, 4) is 0 Å². The van der Waals surface area contributed by atoms with Gasteiger partial charge in [0.15, 0.2) is 0 Å². The first-order chi connectivity index (χ1) is 15.7. The van der Waals surface area contributed by atoms with Crippen molar-refractivity contribution in [3.05, 3.63) is 0 Å². The van der Waals surface area contributed by atoms with Crippen molar-refractivity contribution in [1.29, 1.82) is 0 Å². The summed E-state index contributed by atoms with van der Waals surface area (Å²) in [7, 11) is 0. The van der Waals surface area contributed by atoms with Crippen LogP contribution in [0.5, 0.6) is 0 Å². The summed E-state index contributed by atoms with van der Waals surface area (Å²) in [6.45, 7) is 22.3. The fraction of sp³-hybridized carbons (Fsp3) is 0.969. The summed E-state index contributed by atoms with van der Waals surface area (Å²) in [5, 5.41) is 0. The number of carbonyl (C=O) groups is 1. The van der Waals surface area contributed by atoms with Crippen molar-refractivity contribution in [3.63, 3.8) is 0 Å². The lowest BCUT2D eigenvalue weighted by Crippen LogP contribution is -2.66. The second kappa shape index (κ2) is 7.74. The highest BCUT2D eigenvalue weighted by molar-refractivity contribution is 5.66. The zero-order valence-electron chi connectivity index (χ0n) is 23.9. The molecule has 0 radical (unpaired) electrons. The summed E-state index contributed by atoms with van der Waals surface area (Å²) in [6.07, 6.45) is 13.8. The highest BCUT2D eigenvalue weighted by Gasteiger charge is 2.70. The third-order valence-electron chi connectivity index (χ3n) is 14.0. The van der Waals surface area contributed by atoms with Gasteiger partial charge in [0.05, 0.1) is 0 Å². The predicted molar refractivity (Wildman–Crippen MR) is 140 cm³/mol. The van der Waals surface area contributed by atoms with Gasteiger partial charge in [-0.3, -0.25) is 4.79 Å². The lowest BCUT2D eigenvalue weighted by atomic mass is 9.32. The van der Waals surface area contributed by atoms with E-state index in [1.165, 1.54) is 57.8 Å². The largest absolute Gasteiger partial charge is 0.462 e. The van der Waals surface area contributed by atoms with Gasteiger partial charge in [0.1, 0.15) is 6.10 Å². The molecule has 0 spiro atoms. The van der Waals surface area contributed by atoms with Crippen molar-refractivity contribution in [2.24, 2.45) is 62.6 Å². The Hall–Kier alpha value is -0.530. The number of rotatable bonds is 2. The van der Waals surface area contributed by atoms with E-state index in [4.69, 9.17) is 4.74 Å². The lowest BCUT2D eigenvalue weighted by Gasteiger charge is -2.73. The van der Waals surface area contributed by atoms with Crippen LogP contribution in [0.2, 0.25) is 0 Å². The Morgan fingerprint density at radius 2 is 1.47 bits per heavy atom. The third kappa shape index (κ3) is 3.14. The van der Waals surface area contributed by atoms with E-state index in [1.807, 2.05) is 0 Å². The van der Waals surface area contributed by atoms with Gasteiger partial charge in [0, 0.05) is 12.3 Å². The molecule has 0 aromatic carbocycles. The topological polar surface area (TPSA) is 26.3 Å². The lowest BCUT2D eigenvalue weighted by molar-refractivity contribution is -0.250. The van der Waals surface area contributed by atoms with Crippen LogP contribution in [-0.2, 0) is 9.53 Å². The van der Waals surface area contributed by atoms with Crippen LogP contribution in [0.4, 0.5) is 0 Å². The Kier molecular flexibility index (Phi) is 5.72. The molecule has 0 unspecified atom stereocenters. The van der Waals surface area contributed by atoms with Crippen molar-refractivity contribution < 1.29 is 9.53 Å². The SMILES string of the molecule is CC(=O)O[C@H]1CC[C@]2(C)[C@H]3CC[C@@H]4[C@H]5[C@H](C(C)C)CC[C@]5(C)CC[C@@]4(C)[C@]3(C)CC[C@H]2C1(C)C. The molecule has 0 aromatic heterocycles. The van der Waals surface area contributed by atoms with E-state index in [-0.39, 0.29) is 17.5 Å². The van der Waals surface area contributed by atoms with E-state index < -0.39 is 0 Å². The quantitative estimate of drug-likeness (QED) is 0.377. The zero-order valence-corrected chi connectivity index (χ0v) is 23.9. The van der Waals surface area contributed by atoms with Crippen LogP contribution in [0, 0.1) is 62.6 Å². The maximum Gasteiger partial charge on any atom is 0.302 e. The molecule has 0 aliphatic heterocycles. The van der Waals surface area contributed by atoms with Gasteiger partial charge < -0.3 is 4.74 Å². The molecule has 5 fully saturated rings. The maximum absolute atomic E-state index is 11.9. The second-order valence-electron chi connectivity index (χ2n) is 15.8. The average Bonchev–Trinajstić information content (AvgIpc) is 3.08. The summed E-state index contributed by atoms with van der Waals surface area (Å²) >= 11 is 0. The molecule has 5 aliphatic rings. The fourth-order valence-corrected chi connectivity index (χ4v) is 12.1. The molecule has 0 saturated heterocycles. The number of fused-ring (bicyclic) bond motifs is 7. The summed E-state index contributed by atoms with van der Waals surface area (Å²) in [5.41, 5.74) is 1.94. The standard InChI is InChI=1S/C32H54O2/c1-20(2)22-12-15-29(6)18-19-31(8)23(27(22)29)10-11-25-30(7)16-14-26(34-21(3)33)28(4,5)24(30)13-17-32(25,31)9/h20,22-27H,10-19H2,1-9H3/t22-,23+,24-,25+,26-,27+,29+,30-,31+,32+/m0/s1. The number of hydrogen-bond donors (Lipinski definition) is 0. The molecule has 0 N–H and O–H groups in total. The van der Waals surface area contributed by atoms with E-state index in [1.54, 1.807) is 6.92 Å². The van der Waals surface area contributed by atoms with Crippen molar-refractivity contribution in [2.75, 3.05) is 0 Å². The number of esters is 1. The van der Waals surface area contributed by atoms with Crippen LogP contribution >= 0.6 is 0 Å². The molecule has 10 atom stereocenters. The molecule has 5 saturated carbocycles. The van der Waals surface area contributed by atoms with Gasteiger partial charge >= 0.3 is 5.97 Å². The number of hydrogen-bond acceptors (Lipinski definition) is 2. The summed E-state index contributed by atoms with van der Waals surface area (Å²) < 4.78 is 5.92. The molecule has 34 heavy (non-hydrogen) atoms. The molecule has 0 amide bonds. The van der Waals surface area contributed by atoms with Crippen LogP contribution in [0.1, 0.15) is 127 Å². The minimum atomic E-state index is -0.100. The molecule has 2 heteroatoms. The Morgan fingerprint density at radius 1 is 0.765 bits per heavy atom. The van der Waals surface area contributed by atoms with Gasteiger partial charge in [-0.2, -0.15) is 0 Å². The van der Waals surface area contributed by atoms with Gasteiger partial charge in [-0.05, 0) is 121 Å². The summed E-state index contributed by atoms with van der Waals surface area (Å²) in [4.78, 5) is 11.9. The first-order valence-electron chi connectivity index (χ1n) is 14.9. The van der Waals surface area contributed by atoms with Crippen LogP contribution in [-0.4, -0.2) is 12.1 Å². The summed E-state index contributed by atoms with van der Waals surface area (Å²) in [5.74, 6) is 4.96. The fourth-order valence-electron chi connectivity index (χ4n) is 12.1. The van der Waals surface area contributed by atoms with Gasteiger partial charge in [0.2, 0.25) is 0 Å². The smallest absolute Gasteiger partial charge is 0.302 e. The van der Waals surface area contributed by atoms with Gasteiger partial charge in [-0.25, -0.2) is 0 Å². The van der Waals surface area contributed by atoms with Crippen molar-refractivity contribution in [1.82, 2.24) is 0 Å². The van der Waals surface area contributed by atoms with Crippen LogP contribution < -0.4 is 0 Å². The molecule has 5 aliphatic carbocycles. The van der Waals surface area contributed by atoms with Crippen LogP contribution in [0.3, 0.4) is 0 Å². The minimum absolute atomic E-state index is 0.0665. The van der Waals surface area contributed by atoms with E-state index in [0.717, 1.165) is 36.0 Å². The van der Waals surface area contributed by atoms with E-state index in [2.05, 4.69) is 55.4 Å². The van der Waals surface area contributed by atoms with Crippen molar-refractivity contribution in [2.45, 2.75) is 133 Å². The Balaban J connectivity index is 1.49. The normalized spacial score (nSPS) is 53.9. The number of ether oxygens (including phenoxy) is 1. The third-order valence-corrected chi connectivity index (χ3v) is 14.0. The van der Waals surface area contributed by atoms with E-state index in [0.29, 0.717) is 27.6 Å². The predicted octanol–water partition coefficient (Wildman–Crippen LogP) is 8.68. The van der Waals surface area contributed by atoms with Crippen molar-refractivity contribution >= 4 is 5.97 Å². The van der Waals surface area contributed by atoms with Gasteiger partial charge in [0.25, 0.3) is 0 Å². The van der Waals surface area contributed by atoms with E-state index in [9.17, 15) is 4.79 Å². The Bertz CT molecular complexity index is 829. The monoisotopic (exact) mass is 470 g/mol. The molecule has 0 heterocycles. The van der Waals surface area contributed by atoms with Crippen LogP contribution in [0.25, 0.3) is 0 Å². The zero-order chi connectivity index (χ0) is 24.9. The van der Waals surface area contributed by atoms with Crippen LogP contribution in [0.15, 0.2) is 0 Å². The Morgan fingerprint density at radius 3 is 2.12 bits per heavy atom. The average molecular weight is 471 g/mol. The molecular weight excluding hydrogens is 416 g/mol. The number of carbonyl (C=O) groups excluding carboxylic acids is 1. The van der Waals surface area contributed by atoms with E-state index >= 15 is 0 Å². The minimum Gasteiger partial charge on any atom is -0.462 e. The molecule has 0 aromatic rings. The van der Waals surface area contributed by atoms with Gasteiger partial charge in [-0.1, -0.05) is 55.4 Å². The highest BCUT2D eigenvalue weighted by atomic mass is 16.5. The maximum atomic E-state index is 11.9.